The molecule has 7 heteroatoms. The molecule has 4 rings (SSSR count). The van der Waals surface area contributed by atoms with E-state index < -0.39 is 5.97 Å². The van der Waals surface area contributed by atoms with Crippen LogP contribution in [0.3, 0.4) is 0 Å². The quantitative estimate of drug-likeness (QED) is 0.201. The Balaban J connectivity index is 1.63. The Labute approximate surface area is 205 Å². The van der Waals surface area contributed by atoms with Gasteiger partial charge in [-0.25, -0.2) is 14.2 Å². The lowest BCUT2D eigenvalue weighted by Gasteiger charge is -2.15. The molecular weight excluding hydrogens is 536 g/mol. The second-order valence-corrected chi connectivity index (χ2v) is 8.46. The number of rotatable bonds is 7. The molecule has 0 unspecified atom stereocenters. The molecule has 0 radical (unpaired) electrons. The molecule has 0 spiro atoms. The molecule has 0 atom stereocenters. The van der Waals surface area contributed by atoms with Crippen LogP contribution in [0.1, 0.15) is 29.2 Å². The van der Waals surface area contributed by atoms with Crippen molar-refractivity contribution < 1.29 is 23.4 Å². The number of esters is 1. The van der Waals surface area contributed by atoms with Crippen molar-refractivity contribution in [2.75, 3.05) is 6.61 Å². The lowest BCUT2D eigenvalue weighted by molar-refractivity contribution is -0.129. The number of aliphatic imine (C=N–C) groups is 1. The molecule has 0 saturated heterocycles. The van der Waals surface area contributed by atoms with Gasteiger partial charge in [-0.3, -0.25) is 0 Å². The van der Waals surface area contributed by atoms with Crippen molar-refractivity contribution in [1.82, 2.24) is 0 Å². The van der Waals surface area contributed by atoms with E-state index in [9.17, 15) is 9.18 Å². The van der Waals surface area contributed by atoms with Gasteiger partial charge in [-0.2, -0.15) is 0 Å². The van der Waals surface area contributed by atoms with Gasteiger partial charge in [-0.1, -0.05) is 36.4 Å². The second-order valence-electron chi connectivity index (χ2n) is 7.29. The minimum atomic E-state index is -0.513. The van der Waals surface area contributed by atoms with E-state index in [1.807, 2.05) is 44.2 Å². The number of hydrogen-bond donors (Lipinski definition) is 0. The minimum absolute atomic E-state index is 0.0690. The summed E-state index contributed by atoms with van der Waals surface area (Å²) in [5, 5.41) is 0. The summed E-state index contributed by atoms with van der Waals surface area (Å²) < 4.78 is 31.8. The molecule has 3 aromatic carbocycles. The van der Waals surface area contributed by atoms with Gasteiger partial charge in [0.1, 0.15) is 12.4 Å². The zero-order chi connectivity index (χ0) is 23.4. The van der Waals surface area contributed by atoms with Gasteiger partial charge in [-0.15, -0.1) is 0 Å². The Kier molecular flexibility index (Phi) is 7.08. The van der Waals surface area contributed by atoms with Crippen molar-refractivity contribution in [3.05, 3.63) is 98.0 Å². The summed E-state index contributed by atoms with van der Waals surface area (Å²) in [5.74, 6) is 0.465. The predicted octanol–water partition coefficient (Wildman–Crippen LogP) is 6.06. The zero-order valence-corrected chi connectivity index (χ0v) is 20.3. The topological polar surface area (TPSA) is 57.1 Å². The van der Waals surface area contributed by atoms with Crippen LogP contribution in [0, 0.1) is 16.3 Å². The van der Waals surface area contributed by atoms with Gasteiger partial charge >= 0.3 is 5.97 Å². The number of carbonyl (C=O) groups is 1. The van der Waals surface area contributed by atoms with Crippen LogP contribution in [0.4, 0.5) is 4.39 Å². The van der Waals surface area contributed by atoms with Crippen molar-refractivity contribution in [1.29, 1.82) is 0 Å². The van der Waals surface area contributed by atoms with E-state index in [2.05, 4.69) is 27.6 Å². The first-order valence-corrected chi connectivity index (χ1v) is 11.4. The van der Waals surface area contributed by atoms with Crippen molar-refractivity contribution in [3.63, 3.8) is 0 Å². The molecule has 1 aliphatic heterocycles. The molecular formula is C26H21FINO4. The normalized spacial score (nSPS) is 14.2. The lowest BCUT2D eigenvalue weighted by Crippen LogP contribution is -2.06. The zero-order valence-electron chi connectivity index (χ0n) is 18.1. The monoisotopic (exact) mass is 557 g/mol. The average molecular weight is 557 g/mol. The van der Waals surface area contributed by atoms with Crippen LogP contribution in [0.5, 0.6) is 11.5 Å². The van der Waals surface area contributed by atoms with Gasteiger partial charge < -0.3 is 14.2 Å². The molecule has 0 saturated carbocycles. The van der Waals surface area contributed by atoms with Gasteiger partial charge in [0.25, 0.3) is 0 Å². The highest BCUT2D eigenvalue weighted by Gasteiger charge is 2.25. The number of carbonyl (C=O) groups excluding carboxylic acids is 1. The van der Waals surface area contributed by atoms with Crippen LogP contribution in [0.25, 0.3) is 6.08 Å². The van der Waals surface area contributed by atoms with Crippen LogP contribution < -0.4 is 9.47 Å². The highest BCUT2D eigenvalue weighted by atomic mass is 127. The Morgan fingerprint density at radius 3 is 2.61 bits per heavy atom. The third kappa shape index (κ3) is 5.24. The van der Waals surface area contributed by atoms with E-state index >= 15 is 0 Å². The van der Waals surface area contributed by atoms with Crippen molar-refractivity contribution >= 4 is 40.5 Å². The van der Waals surface area contributed by atoms with Crippen molar-refractivity contribution in [2.45, 2.75) is 20.5 Å². The standard InChI is InChI=1S/C26H21FINO4/c1-3-31-23-14-17(12-21(28)24(23)32-15-18-9-5-7-11-20(18)27)13-22-26(30)33-25(29-22)19-10-6-4-8-16(19)2/h4-14H,3,15H2,1-2H3/b22-13-. The summed E-state index contributed by atoms with van der Waals surface area (Å²) in [6, 6.07) is 17.7. The second kappa shape index (κ2) is 10.2. The summed E-state index contributed by atoms with van der Waals surface area (Å²) in [5.41, 5.74) is 3.11. The molecule has 168 valence electrons. The first-order valence-electron chi connectivity index (χ1n) is 10.4. The molecule has 5 nitrogen and oxygen atoms in total. The predicted molar refractivity (Wildman–Crippen MR) is 133 cm³/mol. The molecule has 33 heavy (non-hydrogen) atoms. The number of nitrogens with zero attached hydrogens (tertiary/aromatic N) is 1. The molecule has 3 aromatic rings. The summed E-state index contributed by atoms with van der Waals surface area (Å²) in [6.45, 7) is 4.29. The number of benzene rings is 3. The Morgan fingerprint density at radius 1 is 1.09 bits per heavy atom. The van der Waals surface area contributed by atoms with Gasteiger partial charge in [0, 0.05) is 11.1 Å². The maximum atomic E-state index is 14.0. The van der Waals surface area contributed by atoms with E-state index in [1.54, 1.807) is 30.3 Å². The fourth-order valence-corrected chi connectivity index (χ4v) is 4.12. The van der Waals surface area contributed by atoms with Crippen LogP contribution in [-0.4, -0.2) is 18.5 Å². The summed E-state index contributed by atoms with van der Waals surface area (Å²) >= 11 is 2.13. The fraction of sp³-hybridized carbons (Fsp3) is 0.154. The molecule has 0 N–H and O–H groups in total. The van der Waals surface area contributed by atoms with E-state index in [1.165, 1.54) is 6.07 Å². The highest BCUT2D eigenvalue weighted by Crippen LogP contribution is 2.36. The van der Waals surface area contributed by atoms with E-state index in [0.717, 1.165) is 14.7 Å². The summed E-state index contributed by atoms with van der Waals surface area (Å²) in [4.78, 5) is 16.8. The number of aryl methyl sites for hydroxylation is 1. The number of ether oxygens (including phenoxy) is 3. The maximum Gasteiger partial charge on any atom is 0.363 e. The third-order valence-electron chi connectivity index (χ3n) is 4.96. The van der Waals surface area contributed by atoms with Crippen LogP contribution in [0.15, 0.2) is 71.4 Å². The van der Waals surface area contributed by atoms with Gasteiger partial charge in [0.05, 0.1) is 10.2 Å². The Hall–Kier alpha value is -3.20. The minimum Gasteiger partial charge on any atom is -0.490 e. The first kappa shape index (κ1) is 23.0. The number of halogens is 2. The van der Waals surface area contributed by atoms with E-state index in [4.69, 9.17) is 14.2 Å². The number of hydrogen-bond acceptors (Lipinski definition) is 5. The smallest absolute Gasteiger partial charge is 0.363 e. The molecule has 0 aromatic heterocycles. The van der Waals surface area contributed by atoms with Crippen LogP contribution >= 0.6 is 22.6 Å². The highest BCUT2D eigenvalue weighted by molar-refractivity contribution is 14.1. The van der Waals surface area contributed by atoms with Gasteiger partial charge in [-0.05, 0) is 77.9 Å². The SMILES string of the molecule is CCOc1cc(/C=C2\N=C(c3ccccc3C)OC2=O)cc(I)c1OCc1ccccc1F. The van der Waals surface area contributed by atoms with E-state index in [-0.39, 0.29) is 24.0 Å². The molecule has 1 heterocycles. The molecule has 0 amide bonds. The van der Waals surface area contributed by atoms with Crippen molar-refractivity contribution in [2.24, 2.45) is 4.99 Å². The van der Waals surface area contributed by atoms with Gasteiger partial charge in [0.15, 0.2) is 17.2 Å². The largest absolute Gasteiger partial charge is 0.490 e. The van der Waals surface area contributed by atoms with E-state index in [0.29, 0.717) is 29.2 Å². The average Bonchev–Trinajstić information content (AvgIpc) is 3.14. The van der Waals surface area contributed by atoms with Crippen molar-refractivity contribution in [3.8, 4) is 11.5 Å². The Morgan fingerprint density at radius 2 is 1.85 bits per heavy atom. The third-order valence-corrected chi connectivity index (χ3v) is 5.76. The molecule has 0 aliphatic carbocycles. The maximum absolute atomic E-state index is 14.0. The first-order chi connectivity index (χ1) is 16.0. The van der Waals surface area contributed by atoms with Gasteiger partial charge in [0.2, 0.25) is 5.90 Å². The lowest BCUT2D eigenvalue weighted by atomic mass is 10.1. The molecule has 0 bridgehead atoms. The summed E-state index contributed by atoms with van der Waals surface area (Å²) in [6.07, 6.45) is 1.65. The number of cyclic esters (lactones) is 1. The van der Waals surface area contributed by atoms with Crippen LogP contribution in [0.2, 0.25) is 0 Å². The Bertz CT molecular complexity index is 1270. The van der Waals surface area contributed by atoms with Crippen LogP contribution in [-0.2, 0) is 16.1 Å². The molecule has 0 fully saturated rings. The fourth-order valence-electron chi connectivity index (χ4n) is 3.33. The summed E-state index contributed by atoms with van der Waals surface area (Å²) in [7, 11) is 0. The molecule has 1 aliphatic rings.